The van der Waals surface area contributed by atoms with Crippen LogP contribution in [0.25, 0.3) is 0 Å². The van der Waals surface area contributed by atoms with Gasteiger partial charge in [-0.1, -0.05) is 36.4 Å². The van der Waals surface area contributed by atoms with Crippen LogP contribution < -0.4 is 0 Å². The van der Waals surface area contributed by atoms with Crippen molar-refractivity contribution in [3.63, 3.8) is 0 Å². The Balaban J connectivity index is 0.000000171. The largest absolute Gasteiger partial charge is 0.481 e. The standard InChI is InChI=1S/C17H21NO4.C16H19NO4/c1-18-12-8-9-13(18)15(17(20)21-2)14(10-12)22-16(19)11-6-4-3-5-7-11;1-17-11-7-8-12(17)14(15(18)19)13(9-11)21-16(20)10-5-3-2-4-6-10/h3-7,12-15H,8-10H2,1-2H3;2-6,11-14H,7-9H2,1H3,(H,18,19). The van der Waals surface area contributed by atoms with Crippen LogP contribution in [-0.4, -0.2) is 96.4 Å². The molecule has 43 heavy (non-hydrogen) atoms. The highest BCUT2D eigenvalue weighted by Gasteiger charge is 2.52. The SMILES string of the molecule is CN1C2CCC1C(C(=O)O)C(OC(=O)c1ccccc1)C2.COC(=O)C1C(OC(=O)c2ccccc2)CC2CCC1N2C. The van der Waals surface area contributed by atoms with Crippen molar-refractivity contribution in [1.29, 1.82) is 0 Å². The fourth-order valence-electron chi connectivity index (χ4n) is 7.41. The van der Waals surface area contributed by atoms with Gasteiger partial charge in [-0.25, -0.2) is 9.59 Å². The minimum Gasteiger partial charge on any atom is -0.481 e. The molecule has 8 atom stereocenters. The van der Waals surface area contributed by atoms with E-state index in [1.807, 2.05) is 26.2 Å². The molecular weight excluding hydrogens is 552 g/mol. The number of ether oxygens (including phenoxy) is 3. The molecule has 8 unspecified atom stereocenters. The van der Waals surface area contributed by atoms with Crippen LogP contribution in [0, 0.1) is 11.8 Å². The summed E-state index contributed by atoms with van der Waals surface area (Å²) in [5, 5.41) is 9.51. The summed E-state index contributed by atoms with van der Waals surface area (Å²) >= 11 is 0. The third kappa shape index (κ3) is 6.45. The van der Waals surface area contributed by atoms with E-state index < -0.39 is 36.0 Å². The number of hydrogen-bond acceptors (Lipinski definition) is 9. The average molecular weight is 593 g/mol. The van der Waals surface area contributed by atoms with E-state index in [0.29, 0.717) is 36.1 Å². The summed E-state index contributed by atoms with van der Waals surface area (Å²) in [5.41, 5.74) is 0.977. The molecule has 10 heteroatoms. The van der Waals surface area contributed by atoms with Gasteiger partial charge in [0.15, 0.2) is 0 Å². The first-order valence-electron chi connectivity index (χ1n) is 15.0. The third-order valence-electron chi connectivity index (χ3n) is 9.72. The zero-order valence-corrected chi connectivity index (χ0v) is 24.8. The highest BCUT2D eigenvalue weighted by Crippen LogP contribution is 2.41. The van der Waals surface area contributed by atoms with Crippen LogP contribution in [0.2, 0.25) is 0 Å². The third-order valence-corrected chi connectivity index (χ3v) is 9.72. The van der Waals surface area contributed by atoms with Gasteiger partial charge in [-0.2, -0.15) is 0 Å². The van der Waals surface area contributed by atoms with Crippen LogP contribution in [0.3, 0.4) is 0 Å². The number of esters is 3. The highest BCUT2D eigenvalue weighted by molar-refractivity contribution is 5.90. The van der Waals surface area contributed by atoms with Gasteiger partial charge in [0, 0.05) is 37.0 Å². The molecule has 230 valence electrons. The number of carbonyl (C=O) groups is 4. The van der Waals surface area contributed by atoms with Crippen LogP contribution in [0.1, 0.15) is 59.2 Å². The van der Waals surface area contributed by atoms with E-state index in [0.717, 1.165) is 25.7 Å². The van der Waals surface area contributed by atoms with Gasteiger partial charge in [-0.05, 0) is 64.0 Å². The maximum atomic E-state index is 12.3. The Hall–Kier alpha value is -3.76. The van der Waals surface area contributed by atoms with Crippen LogP contribution >= 0.6 is 0 Å². The maximum absolute atomic E-state index is 12.3. The summed E-state index contributed by atoms with van der Waals surface area (Å²) in [6.07, 6.45) is 4.15. The second-order valence-corrected chi connectivity index (χ2v) is 11.9. The summed E-state index contributed by atoms with van der Waals surface area (Å²) in [6, 6.07) is 18.4. The Morgan fingerprint density at radius 1 is 0.674 bits per heavy atom. The molecule has 4 aliphatic heterocycles. The summed E-state index contributed by atoms with van der Waals surface area (Å²) < 4.78 is 16.2. The quantitative estimate of drug-likeness (QED) is 0.393. The predicted octanol–water partition coefficient (Wildman–Crippen LogP) is 3.65. The number of hydrogen-bond donors (Lipinski definition) is 1. The molecule has 0 aromatic heterocycles. The molecule has 4 bridgehead atoms. The van der Waals surface area contributed by atoms with Gasteiger partial charge in [0.1, 0.15) is 24.0 Å². The highest BCUT2D eigenvalue weighted by atomic mass is 16.6. The Labute approximate surface area is 251 Å². The van der Waals surface area contributed by atoms with Crippen LogP contribution in [0.5, 0.6) is 0 Å². The molecule has 1 N–H and O–H groups in total. The molecule has 0 amide bonds. The van der Waals surface area contributed by atoms with Crippen molar-refractivity contribution in [3.05, 3.63) is 71.8 Å². The minimum atomic E-state index is -0.877. The smallest absolute Gasteiger partial charge is 0.338 e. The number of benzene rings is 2. The molecular formula is C33H40N2O8. The molecule has 10 nitrogen and oxygen atoms in total. The number of methoxy groups -OCH3 is 1. The topological polar surface area (TPSA) is 123 Å². The second-order valence-electron chi connectivity index (χ2n) is 11.9. The Kier molecular flexibility index (Phi) is 9.46. The number of carboxylic acids is 1. The Bertz CT molecular complexity index is 1300. The van der Waals surface area contributed by atoms with Crippen molar-refractivity contribution in [2.24, 2.45) is 11.8 Å². The van der Waals surface area contributed by atoms with E-state index in [9.17, 15) is 24.3 Å². The number of aliphatic carboxylic acids is 1. The maximum Gasteiger partial charge on any atom is 0.338 e. The second kappa shape index (κ2) is 13.3. The lowest BCUT2D eigenvalue weighted by atomic mass is 9.87. The van der Waals surface area contributed by atoms with Crippen molar-refractivity contribution in [2.45, 2.75) is 74.9 Å². The van der Waals surface area contributed by atoms with Crippen LogP contribution in [0.15, 0.2) is 60.7 Å². The van der Waals surface area contributed by atoms with Crippen molar-refractivity contribution >= 4 is 23.9 Å². The van der Waals surface area contributed by atoms with Gasteiger partial charge < -0.3 is 19.3 Å². The number of carboxylic acid groups (broad SMARTS) is 1. The Morgan fingerprint density at radius 2 is 1.09 bits per heavy atom. The number of nitrogens with zero attached hydrogens (tertiary/aromatic N) is 2. The molecule has 0 saturated carbocycles. The van der Waals surface area contributed by atoms with E-state index >= 15 is 0 Å². The fraction of sp³-hybridized carbons (Fsp3) is 0.515. The molecule has 2 aromatic carbocycles. The molecule has 4 saturated heterocycles. The number of fused-ring (bicyclic) bond motifs is 4. The van der Waals surface area contributed by atoms with Gasteiger partial charge >= 0.3 is 23.9 Å². The van der Waals surface area contributed by atoms with E-state index in [1.165, 1.54) is 7.11 Å². The number of piperidine rings is 2. The van der Waals surface area contributed by atoms with Crippen molar-refractivity contribution < 1.29 is 38.5 Å². The predicted molar refractivity (Wildman–Crippen MR) is 156 cm³/mol. The molecule has 2 aromatic rings. The first-order valence-corrected chi connectivity index (χ1v) is 15.0. The van der Waals surface area contributed by atoms with Gasteiger partial charge in [0.05, 0.1) is 18.2 Å². The zero-order valence-electron chi connectivity index (χ0n) is 24.8. The lowest BCUT2D eigenvalue weighted by Gasteiger charge is -2.40. The lowest BCUT2D eigenvalue weighted by Crippen LogP contribution is -2.53. The van der Waals surface area contributed by atoms with Gasteiger partial charge in [0.2, 0.25) is 0 Å². The molecule has 0 radical (unpaired) electrons. The monoisotopic (exact) mass is 592 g/mol. The van der Waals surface area contributed by atoms with Gasteiger partial charge in [0.25, 0.3) is 0 Å². The van der Waals surface area contributed by atoms with E-state index in [-0.39, 0.29) is 24.0 Å². The molecule has 6 rings (SSSR count). The molecule has 4 aliphatic rings. The Morgan fingerprint density at radius 3 is 1.51 bits per heavy atom. The first kappa shape index (κ1) is 30.7. The van der Waals surface area contributed by atoms with E-state index in [1.54, 1.807) is 48.5 Å². The first-order chi connectivity index (χ1) is 20.7. The summed E-state index contributed by atoms with van der Waals surface area (Å²) in [6.45, 7) is 0. The molecule has 4 heterocycles. The van der Waals surface area contributed by atoms with Crippen LogP contribution in [0.4, 0.5) is 0 Å². The summed E-state index contributed by atoms with van der Waals surface area (Å²) in [7, 11) is 5.39. The fourth-order valence-corrected chi connectivity index (χ4v) is 7.41. The number of rotatable bonds is 6. The molecule has 0 spiro atoms. The van der Waals surface area contributed by atoms with Gasteiger partial charge in [-0.3, -0.25) is 19.4 Å². The minimum absolute atomic E-state index is 0.0326. The average Bonchev–Trinajstić information content (AvgIpc) is 3.38. The summed E-state index contributed by atoms with van der Waals surface area (Å²) in [5.74, 6) is -3.01. The molecule has 0 aliphatic carbocycles. The number of carbonyl (C=O) groups excluding carboxylic acids is 3. The van der Waals surface area contributed by atoms with E-state index in [2.05, 4.69) is 9.80 Å². The van der Waals surface area contributed by atoms with Gasteiger partial charge in [-0.15, -0.1) is 0 Å². The lowest BCUT2D eigenvalue weighted by molar-refractivity contribution is -0.156. The van der Waals surface area contributed by atoms with E-state index in [4.69, 9.17) is 14.2 Å². The summed E-state index contributed by atoms with van der Waals surface area (Å²) in [4.78, 5) is 52.6. The van der Waals surface area contributed by atoms with Crippen molar-refractivity contribution in [3.8, 4) is 0 Å². The molecule has 4 fully saturated rings. The van der Waals surface area contributed by atoms with Crippen molar-refractivity contribution in [1.82, 2.24) is 9.80 Å². The zero-order chi connectivity index (χ0) is 30.7. The normalized spacial score (nSPS) is 31.3. The van der Waals surface area contributed by atoms with Crippen LogP contribution in [-0.2, 0) is 23.8 Å². The van der Waals surface area contributed by atoms with Crippen molar-refractivity contribution in [2.75, 3.05) is 21.2 Å².